The highest BCUT2D eigenvalue weighted by Crippen LogP contribution is 2.07. The van der Waals surface area contributed by atoms with Crippen LogP contribution in [0.15, 0.2) is 24.3 Å². The van der Waals surface area contributed by atoms with E-state index in [-0.39, 0.29) is 0 Å². The van der Waals surface area contributed by atoms with Crippen molar-refractivity contribution in [3.8, 4) is 0 Å². The Bertz CT molecular complexity index is 329. The molecule has 2 rings (SSSR count). The van der Waals surface area contributed by atoms with Crippen molar-refractivity contribution in [3.63, 3.8) is 0 Å². The third kappa shape index (κ3) is 4.49. The van der Waals surface area contributed by atoms with Crippen LogP contribution in [0, 0.1) is 6.92 Å². The molecule has 1 fully saturated rings. The molecule has 1 aromatic carbocycles. The lowest BCUT2D eigenvalue weighted by molar-refractivity contribution is 0.386. The van der Waals surface area contributed by atoms with Gasteiger partial charge in [0.2, 0.25) is 0 Å². The quantitative estimate of drug-likeness (QED) is 0.761. The molecule has 0 saturated carbocycles. The average Bonchev–Trinajstić information content (AvgIpc) is 2.36. The molecule has 2 heteroatoms. The van der Waals surface area contributed by atoms with Crippen molar-refractivity contribution in [2.24, 2.45) is 0 Å². The van der Waals surface area contributed by atoms with Gasteiger partial charge in [-0.1, -0.05) is 29.8 Å². The van der Waals surface area contributed by atoms with Crippen LogP contribution in [0.3, 0.4) is 0 Å². The van der Waals surface area contributed by atoms with Crippen LogP contribution in [-0.2, 0) is 6.42 Å². The Morgan fingerprint density at radius 1 is 1.29 bits per heavy atom. The zero-order valence-electron chi connectivity index (χ0n) is 10.8. The van der Waals surface area contributed by atoms with Gasteiger partial charge >= 0.3 is 0 Å². The molecule has 0 unspecified atom stereocenters. The van der Waals surface area contributed by atoms with Crippen LogP contribution in [0.4, 0.5) is 0 Å². The Labute approximate surface area is 105 Å². The maximum Gasteiger partial charge on any atom is 0.00912 e. The standard InChI is InChI=1S/C15H24N2/c1-13-4-2-5-14(12-13)6-3-9-17-15-7-10-16-11-8-15/h2,4-5,12,15-17H,3,6-11H2,1H3. The van der Waals surface area contributed by atoms with E-state index in [0.717, 1.165) is 12.6 Å². The number of aryl methyl sites for hydroxylation is 2. The molecule has 2 nitrogen and oxygen atoms in total. The first-order valence-electron chi connectivity index (χ1n) is 6.84. The van der Waals surface area contributed by atoms with Crippen LogP contribution in [0.5, 0.6) is 0 Å². The molecule has 94 valence electrons. The van der Waals surface area contributed by atoms with Gasteiger partial charge in [0.1, 0.15) is 0 Å². The molecule has 0 bridgehead atoms. The summed E-state index contributed by atoms with van der Waals surface area (Å²) in [4.78, 5) is 0. The average molecular weight is 232 g/mol. The van der Waals surface area contributed by atoms with Crippen LogP contribution < -0.4 is 10.6 Å². The number of nitrogens with one attached hydrogen (secondary N) is 2. The summed E-state index contributed by atoms with van der Waals surface area (Å²) in [7, 11) is 0. The molecule has 1 saturated heterocycles. The number of rotatable bonds is 5. The van der Waals surface area contributed by atoms with E-state index in [2.05, 4.69) is 41.8 Å². The zero-order valence-corrected chi connectivity index (χ0v) is 10.8. The second-order valence-corrected chi connectivity index (χ2v) is 5.07. The van der Waals surface area contributed by atoms with Gasteiger partial charge in [-0.05, 0) is 57.8 Å². The maximum absolute atomic E-state index is 3.67. The molecule has 0 aliphatic carbocycles. The lowest BCUT2D eigenvalue weighted by atomic mass is 10.1. The highest BCUT2D eigenvalue weighted by atomic mass is 15.0. The predicted octanol–water partition coefficient (Wildman–Crippen LogP) is 2.27. The Morgan fingerprint density at radius 2 is 2.12 bits per heavy atom. The summed E-state index contributed by atoms with van der Waals surface area (Å²) >= 11 is 0. The van der Waals surface area contributed by atoms with Crippen molar-refractivity contribution >= 4 is 0 Å². The first-order valence-corrected chi connectivity index (χ1v) is 6.84. The van der Waals surface area contributed by atoms with Gasteiger partial charge in [0.05, 0.1) is 0 Å². The van der Waals surface area contributed by atoms with Gasteiger partial charge in [-0.15, -0.1) is 0 Å². The SMILES string of the molecule is Cc1cccc(CCCNC2CCNCC2)c1. The lowest BCUT2D eigenvalue weighted by Gasteiger charge is -2.23. The van der Waals surface area contributed by atoms with Crippen molar-refractivity contribution < 1.29 is 0 Å². The van der Waals surface area contributed by atoms with Crippen LogP contribution >= 0.6 is 0 Å². The molecule has 1 aliphatic rings. The summed E-state index contributed by atoms with van der Waals surface area (Å²) in [6.45, 7) is 5.67. The van der Waals surface area contributed by atoms with E-state index in [9.17, 15) is 0 Å². The summed E-state index contributed by atoms with van der Waals surface area (Å²) < 4.78 is 0. The van der Waals surface area contributed by atoms with Gasteiger partial charge in [0.25, 0.3) is 0 Å². The van der Waals surface area contributed by atoms with Crippen molar-refractivity contribution in [2.75, 3.05) is 19.6 Å². The molecule has 0 radical (unpaired) electrons. The third-order valence-electron chi connectivity index (χ3n) is 3.50. The molecular formula is C15H24N2. The normalized spacial score (nSPS) is 17.2. The van der Waals surface area contributed by atoms with Crippen LogP contribution in [0.1, 0.15) is 30.4 Å². The Balaban J connectivity index is 1.62. The van der Waals surface area contributed by atoms with Gasteiger partial charge in [-0.2, -0.15) is 0 Å². The van der Waals surface area contributed by atoms with E-state index >= 15 is 0 Å². The van der Waals surface area contributed by atoms with Gasteiger partial charge in [0, 0.05) is 6.04 Å². The summed E-state index contributed by atoms with van der Waals surface area (Å²) in [5.41, 5.74) is 2.84. The van der Waals surface area contributed by atoms with Gasteiger partial charge < -0.3 is 10.6 Å². The third-order valence-corrected chi connectivity index (χ3v) is 3.50. The summed E-state index contributed by atoms with van der Waals surface area (Å²) in [5, 5.41) is 7.06. The summed E-state index contributed by atoms with van der Waals surface area (Å²) in [6.07, 6.45) is 5.00. The highest BCUT2D eigenvalue weighted by molar-refractivity contribution is 5.22. The fourth-order valence-corrected chi connectivity index (χ4v) is 2.49. The lowest BCUT2D eigenvalue weighted by Crippen LogP contribution is -2.40. The Morgan fingerprint density at radius 3 is 2.88 bits per heavy atom. The minimum atomic E-state index is 0.744. The number of hydrogen-bond donors (Lipinski definition) is 2. The highest BCUT2D eigenvalue weighted by Gasteiger charge is 2.10. The fourth-order valence-electron chi connectivity index (χ4n) is 2.49. The predicted molar refractivity (Wildman–Crippen MR) is 73.4 cm³/mol. The summed E-state index contributed by atoms with van der Waals surface area (Å²) in [5.74, 6) is 0. The maximum atomic E-state index is 3.67. The topological polar surface area (TPSA) is 24.1 Å². The fraction of sp³-hybridized carbons (Fsp3) is 0.600. The molecule has 0 amide bonds. The van der Waals surface area contributed by atoms with Crippen LogP contribution in [0.25, 0.3) is 0 Å². The van der Waals surface area contributed by atoms with Gasteiger partial charge in [-0.3, -0.25) is 0 Å². The van der Waals surface area contributed by atoms with E-state index in [0.29, 0.717) is 0 Å². The van der Waals surface area contributed by atoms with E-state index in [1.807, 2.05) is 0 Å². The first-order chi connectivity index (χ1) is 8.34. The minimum Gasteiger partial charge on any atom is -0.317 e. The second-order valence-electron chi connectivity index (χ2n) is 5.07. The number of benzene rings is 1. The molecule has 0 atom stereocenters. The molecule has 0 spiro atoms. The van der Waals surface area contributed by atoms with Gasteiger partial charge in [-0.25, -0.2) is 0 Å². The van der Waals surface area contributed by atoms with Crippen molar-refractivity contribution in [1.82, 2.24) is 10.6 Å². The largest absolute Gasteiger partial charge is 0.317 e. The number of hydrogen-bond acceptors (Lipinski definition) is 2. The van der Waals surface area contributed by atoms with E-state index in [1.165, 1.54) is 49.9 Å². The van der Waals surface area contributed by atoms with Gasteiger partial charge in [0.15, 0.2) is 0 Å². The Kier molecular flexibility index (Phi) is 5.02. The molecule has 0 aromatic heterocycles. The van der Waals surface area contributed by atoms with E-state index in [4.69, 9.17) is 0 Å². The van der Waals surface area contributed by atoms with Crippen molar-refractivity contribution in [2.45, 2.75) is 38.6 Å². The first kappa shape index (κ1) is 12.6. The molecule has 1 aliphatic heterocycles. The van der Waals surface area contributed by atoms with Crippen molar-refractivity contribution in [3.05, 3.63) is 35.4 Å². The van der Waals surface area contributed by atoms with Crippen LogP contribution in [0.2, 0.25) is 0 Å². The molecule has 2 N–H and O–H groups in total. The minimum absolute atomic E-state index is 0.744. The molecular weight excluding hydrogens is 208 g/mol. The smallest absolute Gasteiger partial charge is 0.00912 e. The summed E-state index contributed by atoms with van der Waals surface area (Å²) in [6, 6.07) is 9.60. The molecule has 1 aromatic rings. The molecule has 1 heterocycles. The monoisotopic (exact) mass is 232 g/mol. The number of piperidine rings is 1. The van der Waals surface area contributed by atoms with Crippen LogP contribution in [-0.4, -0.2) is 25.7 Å². The van der Waals surface area contributed by atoms with E-state index < -0.39 is 0 Å². The van der Waals surface area contributed by atoms with E-state index in [1.54, 1.807) is 0 Å². The molecule has 17 heavy (non-hydrogen) atoms. The Hall–Kier alpha value is -0.860. The zero-order chi connectivity index (χ0) is 11.9. The second kappa shape index (κ2) is 6.77. The van der Waals surface area contributed by atoms with Crippen molar-refractivity contribution in [1.29, 1.82) is 0 Å².